The second kappa shape index (κ2) is 10.7. The molecule has 0 spiro atoms. The number of esters is 1. The predicted molar refractivity (Wildman–Crippen MR) is 124 cm³/mol. The lowest BCUT2D eigenvalue weighted by Gasteiger charge is -2.27. The number of H-pyrrole nitrogens is 1. The highest BCUT2D eigenvalue weighted by Crippen LogP contribution is 2.31. The van der Waals surface area contributed by atoms with Gasteiger partial charge in [-0.1, -0.05) is 13.8 Å². The summed E-state index contributed by atoms with van der Waals surface area (Å²) in [5.41, 5.74) is 2.12. The number of nitrogens with one attached hydrogen (secondary N) is 2. The second-order valence-electron chi connectivity index (χ2n) is 8.16. The van der Waals surface area contributed by atoms with Crippen LogP contribution < -0.4 is 15.8 Å². The van der Waals surface area contributed by atoms with Crippen LogP contribution in [0, 0.1) is 12.8 Å². The van der Waals surface area contributed by atoms with Gasteiger partial charge in [-0.05, 0) is 36.6 Å². The summed E-state index contributed by atoms with van der Waals surface area (Å²) in [6, 6.07) is 0. The topological polar surface area (TPSA) is 114 Å². The standard InChI is InChI=1S/C22H30N4O5S/c1-13(2)11-15-12-32-20(18(15)21(29)30-4)24-17(27)6-5-16-14(3)23-22(25-19(16)28)26-7-9-31-10-8-26/h12-13H,5-11H2,1-4H3,(H,24,27)(H,23,25,28). The molecule has 0 atom stereocenters. The van der Waals surface area contributed by atoms with Gasteiger partial charge in [-0.25, -0.2) is 9.78 Å². The number of morpholine rings is 1. The van der Waals surface area contributed by atoms with Crippen LogP contribution in [0.5, 0.6) is 0 Å². The van der Waals surface area contributed by atoms with Crippen LogP contribution in [0.4, 0.5) is 10.9 Å². The molecule has 10 heteroatoms. The zero-order valence-electron chi connectivity index (χ0n) is 18.9. The van der Waals surface area contributed by atoms with E-state index in [1.54, 1.807) is 6.92 Å². The number of amides is 1. The van der Waals surface area contributed by atoms with Crippen molar-refractivity contribution in [2.75, 3.05) is 43.6 Å². The van der Waals surface area contributed by atoms with Crippen LogP contribution >= 0.6 is 11.3 Å². The van der Waals surface area contributed by atoms with Crippen molar-refractivity contribution in [3.05, 3.63) is 38.1 Å². The van der Waals surface area contributed by atoms with Crippen LogP contribution in [0.3, 0.4) is 0 Å². The molecule has 1 aliphatic heterocycles. The molecular formula is C22H30N4O5S. The molecule has 0 bridgehead atoms. The molecule has 2 N–H and O–H groups in total. The van der Waals surface area contributed by atoms with E-state index in [9.17, 15) is 14.4 Å². The van der Waals surface area contributed by atoms with Crippen molar-refractivity contribution >= 4 is 34.2 Å². The van der Waals surface area contributed by atoms with Crippen molar-refractivity contribution in [1.29, 1.82) is 0 Å². The van der Waals surface area contributed by atoms with E-state index in [1.807, 2.05) is 10.3 Å². The molecule has 0 aliphatic carbocycles. The second-order valence-corrected chi connectivity index (χ2v) is 9.04. The Balaban J connectivity index is 1.68. The highest BCUT2D eigenvalue weighted by molar-refractivity contribution is 7.15. The third-order valence-electron chi connectivity index (χ3n) is 5.26. The predicted octanol–water partition coefficient (Wildman–Crippen LogP) is 2.53. The van der Waals surface area contributed by atoms with E-state index in [2.05, 4.69) is 29.1 Å². The molecule has 2 aromatic rings. The van der Waals surface area contributed by atoms with Crippen LogP contribution in [0.2, 0.25) is 0 Å². The average Bonchev–Trinajstić information content (AvgIpc) is 3.14. The average molecular weight is 463 g/mol. The van der Waals surface area contributed by atoms with E-state index in [0.717, 1.165) is 5.56 Å². The number of hydrogen-bond donors (Lipinski definition) is 2. The van der Waals surface area contributed by atoms with Crippen LogP contribution in [0.25, 0.3) is 0 Å². The summed E-state index contributed by atoms with van der Waals surface area (Å²) < 4.78 is 10.2. The molecule has 1 aliphatic rings. The quantitative estimate of drug-likeness (QED) is 0.580. The summed E-state index contributed by atoms with van der Waals surface area (Å²) >= 11 is 1.31. The largest absolute Gasteiger partial charge is 0.465 e. The first-order valence-corrected chi connectivity index (χ1v) is 11.6. The first-order valence-electron chi connectivity index (χ1n) is 10.7. The number of aryl methyl sites for hydroxylation is 1. The number of ether oxygens (including phenoxy) is 2. The molecule has 32 heavy (non-hydrogen) atoms. The minimum Gasteiger partial charge on any atom is -0.465 e. The number of anilines is 2. The molecule has 3 heterocycles. The van der Waals surface area contributed by atoms with Crippen molar-refractivity contribution in [2.24, 2.45) is 5.92 Å². The summed E-state index contributed by atoms with van der Waals surface area (Å²) in [5.74, 6) is 0.152. The molecule has 174 valence electrons. The molecule has 1 amide bonds. The fourth-order valence-corrected chi connectivity index (χ4v) is 4.62. The number of aromatic amines is 1. The van der Waals surface area contributed by atoms with Crippen molar-refractivity contribution in [2.45, 2.75) is 40.0 Å². The van der Waals surface area contributed by atoms with E-state index in [-0.39, 0.29) is 24.3 Å². The monoisotopic (exact) mass is 462 g/mol. The minimum atomic E-state index is -0.465. The van der Waals surface area contributed by atoms with Crippen molar-refractivity contribution in [3.63, 3.8) is 0 Å². The van der Waals surface area contributed by atoms with Gasteiger partial charge >= 0.3 is 5.97 Å². The number of carbonyl (C=O) groups excluding carboxylic acids is 2. The first-order chi connectivity index (χ1) is 15.3. The number of methoxy groups -OCH3 is 1. The zero-order valence-corrected chi connectivity index (χ0v) is 19.8. The van der Waals surface area contributed by atoms with Gasteiger partial charge in [0.1, 0.15) is 5.00 Å². The lowest BCUT2D eigenvalue weighted by atomic mass is 10.0. The van der Waals surface area contributed by atoms with Crippen molar-refractivity contribution in [3.8, 4) is 0 Å². The Morgan fingerprint density at radius 1 is 1.34 bits per heavy atom. The SMILES string of the molecule is COC(=O)c1c(CC(C)C)csc1NC(=O)CCc1c(C)nc(N2CCOCC2)[nH]c1=O. The maximum absolute atomic E-state index is 12.6. The Bertz CT molecular complexity index is 1020. The van der Waals surface area contributed by atoms with E-state index in [0.29, 0.717) is 66.4 Å². The van der Waals surface area contributed by atoms with Crippen molar-refractivity contribution in [1.82, 2.24) is 9.97 Å². The molecule has 1 fully saturated rings. The summed E-state index contributed by atoms with van der Waals surface area (Å²) in [5, 5.41) is 5.17. The van der Waals surface area contributed by atoms with E-state index >= 15 is 0 Å². The molecule has 1 saturated heterocycles. The Kier molecular flexibility index (Phi) is 8.03. The third-order valence-corrected chi connectivity index (χ3v) is 6.20. The molecule has 0 radical (unpaired) electrons. The van der Waals surface area contributed by atoms with Gasteiger partial charge in [0, 0.05) is 30.8 Å². The smallest absolute Gasteiger partial charge is 0.341 e. The fraction of sp³-hybridized carbons (Fsp3) is 0.545. The normalized spacial score (nSPS) is 14.0. The molecular weight excluding hydrogens is 432 g/mol. The van der Waals surface area contributed by atoms with Gasteiger partial charge in [0.15, 0.2) is 0 Å². The number of nitrogens with zero attached hydrogens (tertiary/aromatic N) is 2. The van der Waals surface area contributed by atoms with Crippen molar-refractivity contribution < 1.29 is 19.1 Å². The Labute approximate surface area is 191 Å². The molecule has 0 aromatic carbocycles. The number of carbonyl (C=O) groups is 2. The highest BCUT2D eigenvalue weighted by atomic mass is 32.1. The molecule has 0 saturated carbocycles. The fourth-order valence-electron chi connectivity index (χ4n) is 3.64. The maximum Gasteiger partial charge on any atom is 0.341 e. The first kappa shape index (κ1) is 23.9. The Morgan fingerprint density at radius 2 is 2.06 bits per heavy atom. The van der Waals surface area contributed by atoms with Crippen LogP contribution in [-0.2, 0) is 27.1 Å². The van der Waals surface area contributed by atoms with Gasteiger partial charge in [0.05, 0.1) is 25.9 Å². The van der Waals surface area contributed by atoms with Gasteiger partial charge in [0.25, 0.3) is 5.56 Å². The number of hydrogen-bond acceptors (Lipinski definition) is 8. The Hall–Kier alpha value is -2.72. The summed E-state index contributed by atoms with van der Waals surface area (Å²) in [6.45, 7) is 8.45. The zero-order chi connectivity index (χ0) is 23.3. The maximum atomic E-state index is 12.6. The summed E-state index contributed by atoms with van der Waals surface area (Å²) in [4.78, 5) is 46.8. The van der Waals surface area contributed by atoms with Gasteiger partial charge in [-0.3, -0.25) is 14.6 Å². The van der Waals surface area contributed by atoms with Gasteiger partial charge < -0.3 is 19.7 Å². The van der Waals surface area contributed by atoms with Crippen LogP contribution in [-0.4, -0.2) is 55.3 Å². The summed E-state index contributed by atoms with van der Waals surface area (Å²) in [6.07, 6.45) is 1.06. The lowest BCUT2D eigenvalue weighted by Crippen LogP contribution is -2.38. The van der Waals surface area contributed by atoms with E-state index in [1.165, 1.54) is 18.4 Å². The number of rotatable bonds is 8. The third kappa shape index (κ3) is 5.74. The molecule has 3 rings (SSSR count). The Morgan fingerprint density at radius 3 is 2.69 bits per heavy atom. The van der Waals surface area contributed by atoms with Gasteiger partial charge in [0.2, 0.25) is 11.9 Å². The van der Waals surface area contributed by atoms with Crippen LogP contribution in [0.15, 0.2) is 10.2 Å². The van der Waals surface area contributed by atoms with E-state index in [4.69, 9.17) is 9.47 Å². The van der Waals surface area contributed by atoms with E-state index < -0.39 is 5.97 Å². The van der Waals surface area contributed by atoms with Gasteiger partial charge in [-0.15, -0.1) is 11.3 Å². The minimum absolute atomic E-state index is 0.0977. The summed E-state index contributed by atoms with van der Waals surface area (Å²) in [7, 11) is 1.33. The number of thiophene rings is 1. The molecule has 2 aromatic heterocycles. The highest BCUT2D eigenvalue weighted by Gasteiger charge is 2.22. The van der Waals surface area contributed by atoms with Gasteiger partial charge in [-0.2, -0.15) is 0 Å². The molecule has 0 unspecified atom stereocenters. The number of aromatic nitrogens is 2. The molecule has 9 nitrogen and oxygen atoms in total. The lowest BCUT2D eigenvalue weighted by molar-refractivity contribution is -0.116. The van der Waals surface area contributed by atoms with Crippen LogP contribution in [0.1, 0.15) is 47.4 Å².